The maximum atomic E-state index is 5.66. The van der Waals surface area contributed by atoms with Crippen molar-refractivity contribution in [2.75, 3.05) is 19.0 Å². The van der Waals surface area contributed by atoms with Crippen molar-refractivity contribution >= 4 is 5.95 Å². The second kappa shape index (κ2) is 6.15. The standard InChI is InChI=1S/C14H18N4O/c1-10(15)7-16-14-17-8-12(9-18-14)11-4-3-5-13(6-11)19-2/h3-6,8-10H,7,15H2,1-2H3,(H,16,17,18). The lowest BCUT2D eigenvalue weighted by Crippen LogP contribution is -2.25. The van der Waals surface area contributed by atoms with Crippen molar-refractivity contribution in [3.05, 3.63) is 36.7 Å². The average Bonchev–Trinajstić information content (AvgIpc) is 2.45. The number of aromatic nitrogens is 2. The molecule has 0 aliphatic rings. The zero-order valence-electron chi connectivity index (χ0n) is 11.1. The van der Waals surface area contributed by atoms with E-state index in [9.17, 15) is 0 Å². The van der Waals surface area contributed by atoms with Gasteiger partial charge in [0.1, 0.15) is 5.75 Å². The largest absolute Gasteiger partial charge is 0.497 e. The Balaban J connectivity index is 2.13. The van der Waals surface area contributed by atoms with E-state index < -0.39 is 0 Å². The Kier molecular flexibility index (Phi) is 4.30. The number of ether oxygens (including phenoxy) is 1. The quantitative estimate of drug-likeness (QED) is 0.857. The van der Waals surface area contributed by atoms with Gasteiger partial charge in [0.2, 0.25) is 5.95 Å². The van der Waals surface area contributed by atoms with Crippen molar-refractivity contribution in [2.45, 2.75) is 13.0 Å². The molecular weight excluding hydrogens is 240 g/mol. The van der Waals surface area contributed by atoms with Crippen LogP contribution in [0.5, 0.6) is 5.75 Å². The molecule has 0 saturated heterocycles. The number of rotatable bonds is 5. The molecular formula is C14H18N4O. The summed E-state index contributed by atoms with van der Waals surface area (Å²) in [5.41, 5.74) is 7.64. The van der Waals surface area contributed by atoms with Crippen molar-refractivity contribution < 1.29 is 4.74 Å². The molecule has 2 aromatic rings. The molecule has 0 aliphatic heterocycles. The molecule has 2 rings (SSSR count). The SMILES string of the molecule is COc1cccc(-c2cnc(NCC(C)N)nc2)c1. The van der Waals surface area contributed by atoms with Gasteiger partial charge in [-0.2, -0.15) is 0 Å². The molecule has 0 radical (unpaired) electrons. The first kappa shape index (κ1) is 13.3. The highest BCUT2D eigenvalue weighted by atomic mass is 16.5. The van der Waals surface area contributed by atoms with E-state index in [1.165, 1.54) is 0 Å². The summed E-state index contributed by atoms with van der Waals surface area (Å²) in [6, 6.07) is 7.87. The Labute approximate surface area is 112 Å². The average molecular weight is 258 g/mol. The van der Waals surface area contributed by atoms with Gasteiger partial charge < -0.3 is 15.8 Å². The number of benzene rings is 1. The van der Waals surface area contributed by atoms with Crippen LogP contribution < -0.4 is 15.8 Å². The van der Waals surface area contributed by atoms with E-state index in [0.717, 1.165) is 16.9 Å². The highest BCUT2D eigenvalue weighted by Gasteiger charge is 2.02. The minimum absolute atomic E-state index is 0.0710. The fourth-order valence-electron chi connectivity index (χ4n) is 1.62. The molecule has 100 valence electrons. The molecule has 1 aromatic heterocycles. The zero-order chi connectivity index (χ0) is 13.7. The fourth-order valence-corrected chi connectivity index (χ4v) is 1.62. The Morgan fingerprint density at radius 1 is 1.26 bits per heavy atom. The summed E-state index contributed by atoms with van der Waals surface area (Å²) in [5.74, 6) is 1.40. The Morgan fingerprint density at radius 2 is 2.00 bits per heavy atom. The third-order valence-corrected chi connectivity index (χ3v) is 2.64. The van der Waals surface area contributed by atoms with E-state index in [2.05, 4.69) is 15.3 Å². The Hall–Kier alpha value is -2.14. The summed E-state index contributed by atoms with van der Waals surface area (Å²) in [5, 5.41) is 3.07. The number of nitrogens with one attached hydrogen (secondary N) is 1. The molecule has 0 saturated carbocycles. The van der Waals surface area contributed by atoms with Gasteiger partial charge in [-0.15, -0.1) is 0 Å². The molecule has 0 amide bonds. The zero-order valence-corrected chi connectivity index (χ0v) is 11.1. The molecule has 1 atom stereocenters. The second-order valence-electron chi connectivity index (χ2n) is 4.39. The first-order valence-corrected chi connectivity index (χ1v) is 6.15. The first-order valence-electron chi connectivity index (χ1n) is 6.15. The Bertz CT molecular complexity index is 525. The summed E-state index contributed by atoms with van der Waals surface area (Å²) in [7, 11) is 1.65. The van der Waals surface area contributed by atoms with Crippen LogP contribution in [0, 0.1) is 0 Å². The molecule has 3 N–H and O–H groups in total. The number of nitrogens with zero attached hydrogens (tertiary/aromatic N) is 2. The first-order chi connectivity index (χ1) is 9.19. The maximum absolute atomic E-state index is 5.66. The topological polar surface area (TPSA) is 73.1 Å². The molecule has 5 heteroatoms. The van der Waals surface area contributed by atoms with Crippen LogP contribution in [-0.4, -0.2) is 29.7 Å². The molecule has 19 heavy (non-hydrogen) atoms. The summed E-state index contributed by atoms with van der Waals surface area (Å²) >= 11 is 0. The van der Waals surface area contributed by atoms with Crippen molar-refractivity contribution in [1.29, 1.82) is 0 Å². The van der Waals surface area contributed by atoms with Gasteiger partial charge in [-0.1, -0.05) is 12.1 Å². The third-order valence-electron chi connectivity index (χ3n) is 2.64. The van der Waals surface area contributed by atoms with Crippen molar-refractivity contribution in [3.63, 3.8) is 0 Å². The van der Waals surface area contributed by atoms with Gasteiger partial charge in [0.15, 0.2) is 0 Å². The van der Waals surface area contributed by atoms with E-state index in [0.29, 0.717) is 12.5 Å². The molecule has 0 fully saturated rings. The second-order valence-corrected chi connectivity index (χ2v) is 4.39. The number of methoxy groups -OCH3 is 1. The smallest absolute Gasteiger partial charge is 0.222 e. The van der Waals surface area contributed by atoms with Crippen LogP contribution in [0.1, 0.15) is 6.92 Å². The van der Waals surface area contributed by atoms with E-state index in [4.69, 9.17) is 10.5 Å². The van der Waals surface area contributed by atoms with E-state index in [1.807, 2.05) is 31.2 Å². The summed E-state index contributed by atoms with van der Waals surface area (Å²) < 4.78 is 5.20. The summed E-state index contributed by atoms with van der Waals surface area (Å²) in [6.07, 6.45) is 3.57. The molecule has 1 heterocycles. The minimum Gasteiger partial charge on any atom is -0.497 e. The van der Waals surface area contributed by atoms with Gasteiger partial charge >= 0.3 is 0 Å². The fraction of sp³-hybridized carbons (Fsp3) is 0.286. The van der Waals surface area contributed by atoms with Gasteiger partial charge in [0, 0.05) is 30.5 Å². The minimum atomic E-state index is 0.0710. The third kappa shape index (κ3) is 3.66. The lowest BCUT2D eigenvalue weighted by Gasteiger charge is -2.08. The van der Waals surface area contributed by atoms with Crippen molar-refractivity contribution in [2.24, 2.45) is 5.73 Å². The Morgan fingerprint density at radius 3 is 2.63 bits per heavy atom. The lowest BCUT2D eigenvalue weighted by atomic mass is 10.1. The summed E-state index contributed by atoms with van der Waals surface area (Å²) in [4.78, 5) is 8.53. The van der Waals surface area contributed by atoms with Crippen LogP contribution in [0.2, 0.25) is 0 Å². The van der Waals surface area contributed by atoms with E-state index in [-0.39, 0.29) is 6.04 Å². The molecule has 5 nitrogen and oxygen atoms in total. The normalized spacial score (nSPS) is 11.9. The van der Waals surface area contributed by atoms with Crippen LogP contribution >= 0.6 is 0 Å². The predicted molar refractivity (Wildman–Crippen MR) is 76.2 cm³/mol. The van der Waals surface area contributed by atoms with Crippen LogP contribution in [0.25, 0.3) is 11.1 Å². The highest BCUT2D eigenvalue weighted by molar-refractivity contribution is 5.63. The van der Waals surface area contributed by atoms with Crippen LogP contribution in [0.3, 0.4) is 0 Å². The van der Waals surface area contributed by atoms with Crippen LogP contribution in [0.4, 0.5) is 5.95 Å². The predicted octanol–water partition coefficient (Wildman–Crippen LogP) is 1.91. The number of hydrogen-bond donors (Lipinski definition) is 2. The van der Waals surface area contributed by atoms with Crippen LogP contribution in [0.15, 0.2) is 36.7 Å². The number of anilines is 1. The van der Waals surface area contributed by atoms with E-state index >= 15 is 0 Å². The molecule has 0 aliphatic carbocycles. The molecule has 0 spiro atoms. The van der Waals surface area contributed by atoms with Crippen LogP contribution in [-0.2, 0) is 0 Å². The van der Waals surface area contributed by atoms with Gasteiger partial charge in [-0.05, 0) is 24.6 Å². The monoisotopic (exact) mass is 258 g/mol. The van der Waals surface area contributed by atoms with Gasteiger partial charge in [-0.25, -0.2) is 9.97 Å². The molecule has 1 aromatic carbocycles. The highest BCUT2D eigenvalue weighted by Crippen LogP contribution is 2.22. The molecule has 1 unspecified atom stereocenters. The van der Waals surface area contributed by atoms with Crippen molar-refractivity contribution in [1.82, 2.24) is 9.97 Å². The summed E-state index contributed by atoms with van der Waals surface area (Å²) in [6.45, 7) is 2.58. The van der Waals surface area contributed by atoms with Gasteiger partial charge in [0.05, 0.1) is 7.11 Å². The van der Waals surface area contributed by atoms with E-state index in [1.54, 1.807) is 19.5 Å². The van der Waals surface area contributed by atoms with Gasteiger partial charge in [0.25, 0.3) is 0 Å². The lowest BCUT2D eigenvalue weighted by molar-refractivity contribution is 0.415. The maximum Gasteiger partial charge on any atom is 0.222 e. The number of nitrogens with two attached hydrogens (primary N) is 1. The van der Waals surface area contributed by atoms with Gasteiger partial charge in [-0.3, -0.25) is 0 Å². The van der Waals surface area contributed by atoms with Crippen molar-refractivity contribution in [3.8, 4) is 16.9 Å². The molecule has 0 bridgehead atoms. The number of hydrogen-bond acceptors (Lipinski definition) is 5.